The SMILES string of the molecule is COc1cccc2[nH]c(C(=O)N3C[C@@H]4CCC[C@@H]4[C@H]3C(=O)N[C@H](C=O)C[C@@H]3CCNC3=O)cc12. The standard InChI is InChI=1S/C25H30N4O5/c1-34-21-7-3-6-19-18(21)11-20(28-19)25(33)29-12-15-4-2-5-17(15)22(29)24(32)27-16(13-30)10-14-8-9-26-23(14)31/h3,6-7,11,13-17,22,28H,2,4-5,8-10,12H2,1H3,(H,26,31)(H,27,32)/t14-,15-,16-,17-,22-/m0/s1. The number of hydrogen-bond acceptors (Lipinski definition) is 5. The molecule has 1 aromatic heterocycles. The van der Waals surface area contributed by atoms with E-state index in [1.165, 1.54) is 0 Å². The van der Waals surface area contributed by atoms with Crippen LogP contribution in [0.5, 0.6) is 5.75 Å². The number of likely N-dealkylation sites (tertiary alicyclic amines) is 1. The van der Waals surface area contributed by atoms with Gasteiger partial charge in [-0.05, 0) is 55.7 Å². The van der Waals surface area contributed by atoms with Gasteiger partial charge in [0.25, 0.3) is 5.91 Å². The smallest absolute Gasteiger partial charge is 0.271 e. The van der Waals surface area contributed by atoms with E-state index in [0.29, 0.717) is 37.2 Å². The molecule has 2 aromatic rings. The summed E-state index contributed by atoms with van der Waals surface area (Å²) in [6.07, 6.45) is 4.52. The van der Waals surface area contributed by atoms with Gasteiger partial charge < -0.3 is 30.0 Å². The summed E-state index contributed by atoms with van der Waals surface area (Å²) in [5.74, 6) is 0.114. The van der Waals surface area contributed by atoms with E-state index < -0.39 is 12.1 Å². The summed E-state index contributed by atoms with van der Waals surface area (Å²) in [6, 6.07) is 5.96. The molecule has 1 saturated carbocycles. The van der Waals surface area contributed by atoms with Crippen molar-refractivity contribution in [1.82, 2.24) is 20.5 Å². The van der Waals surface area contributed by atoms with Crippen LogP contribution in [0, 0.1) is 17.8 Å². The molecule has 9 nitrogen and oxygen atoms in total. The first-order chi connectivity index (χ1) is 16.5. The van der Waals surface area contributed by atoms with Crippen LogP contribution in [-0.2, 0) is 14.4 Å². The molecule has 1 aliphatic carbocycles. The van der Waals surface area contributed by atoms with Crippen LogP contribution in [0.2, 0.25) is 0 Å². The fourth-order valence-corrected chi connectivity index (χ4v) is 6.02. The predicted octanol–water partition coefficient (Wildman–Crippen LogP) is 1.63. The lowest BCUT2D eigenvalue weighted by Crippen LogP contribution is -2.52. The Bertz CT molecular complexity index is 1130. The van der Waals surface area contributed by atoms with Gasteiger partial charge in [0, 0.05) is 29.9 Å². The number of aromatic nitrogens is 1. The molecule has 180 valence electrons. The van der Waals surface area contributed by atoms with E-state index in [9.17, 15) is 19.2 Å². The van der Waals surface area contributed by atoms with E-state index in [2.05, 4.69) is 15.6 Å². The van der Waals surface area contributed by atoms with E-state index >= 15 is 0 Å². The Morgan fingerprint density at radius 3 is 2.88 bits per heavy atom. The Morgan fingerprint density at radius 1 is 1.29 bits per heavy atom. The minimum atomic E-state index is -0.754. The second-order valence-corrected chi connectivity index (χ2v) is 9.63. The molecule has 5 atom stereocenters. The zero-order valence-electron chi connectivity index (χ0n) is 19.2. The Hall–Kier alpha value is -3.36. The number of aromatic amines is 1. The third-order valence-electron chi connectivity index (χ3n) is 7.69. The topological polar surface area (TPSA) is 121 Å². The van der Waals surface area contributed by atoms with Crippen LogP contribution in [-0.4, -0.2) is 66.2 Å². The van der Waals surface area contributed by atoms with Crippen molar-refractivity contribution in [1.29, 1.82) is 0 Å². The first-order valence-corrected chi connectivity index (χ1v) is 12.0. The highest BCUT2D eigenvalue weighted by molar-refractivity contribution is 6.02. The molecule has 3 heterocycles. The summed E-state index contributed by atoms with van der Waals surface area (Å²) in [5, 5.41) is 6.41. The maximum atomic E-state index is 13.6. The summed E-state index contributed by atoms with van der Waals surface area (Å²) >= 11 is 0. The molecule has 2 saturated heterocycles. The van der Waals surface area contributed by atoms with Crippen molar-refractivity contribution in [2.45, 2.75) is 44.2 Å². The molecule has 3 N–H and O–H groups in total. The second kappa shape index (κ2) is 9.12. The van der Waals surface area contributed by atoms with Crippen molar-refractivity contribution < 1.29 is 23.9 Å². The number of hydrogen-bond donors (Lipinski definition) is 3. The number of amides is 3. The Labute approximate surface area is 197 Å². The minimum absolute atomic E-state index is 0.0740. The highest BCUT2D eigenvalue weighted by Gasteiger charge is 2.50. The summed E-state index contributed by atoms with van der Waals surface area (Å²) in [4.78, 5) is 55.5. The van der Waals surface area contributed by atoms with E-state index in [-0.39, 0.29) is 41.9 Å². The second-order valence-electron chi connectivity index (χ2n) is 9.63. The number of methoxy groups -OCH3 is 1. The molecule has 9 heteroatoms. The summed E-state index contributed by atoms with van der Waals surface area (Å²) in [5.41, 5.74) is 1.20. The van der Waals surface area contributed by atoms with Crippen molar-refractivity contribution in [3.63, 3.8) is 0 Å². The molecule has 5 rings (SSSR count). The van der Waals surface area contributed by atoms with Crippen molar-refractivity contribution in [3.05, 3.63) is 30.0 Å². The van der Waals surface area contributed by atoms with Crippen LogP contribution in [0.15, 0.2) is 24.3 Å². The van der Waals surface area contributed by atoms with Gasteiger partial charge in [-0.3, -0.25) is 14.4 Å². The fourth-order valence-electron chi connectivity index (χ4n) is 6.02. The van der Waals surface area contributed by atoms with Crippen LogP contribution in [0.4, 0.5) is 0 Å². The van der Waals surface area contributed by atoms with Gasteiger partial charge >= 0.3 is 0 Å². The summed E-state index contributed by atoms with van der Waals surface area (Å²) in [6.45, 7) is 1.11. The number of rotatable bonds is 7. The number of nitrogens with one attached hydrogen (secondary N) is 3. The number of fused-ring (bicyclic) bond motifs is 2. The van der Waals surface area contributed by atoms with E-state index in [1.807, 2.05) is 18.2 Å². The Kier molecular flexibility index (Phi) is 6.02. The number of carbonyl (C=O) groups excluding carboxylic acids is 4. The molecule has 1 aromatic carbocycles. The number of nitrogens with zero attached hydrogens (tertiary/aromatic N) is 1. The molecule has 0 spiro atoms. The summed E-state index contributed by atoms with van der Waals surface area (Å²) < 4.78 is 5.41. The normalized spacial score (nSPS) is 26.9. The van der Waals surface area contributed by atoms with Gasteiger partial charge in [-0.1, -0.05) is 12.5 Å². The number of carbonyl (C=O) groups is 4. The van der Waals surface area contributed by atoms with Gasteiger partial charge in [0.1, 0.15) is 23.8 Å². The Balaban J connectivity index is 1.37. The van der Waals surface area contributed by atoms with Gasteiger partial charge in [-0.2, -0.15) is 0 Å². The average molecular weight is 467 g/mol. The first kappa shape index (κ1) is 22.4. The largest absolute Gasteiger partial charge is 0.496 e. The number of H-pyrrole nitrogens is 1. The lowest BCUT2D eigenvalue weighted by Gasteiger charge is -2.28. The van der Waals surface area contributed by atoms with Crippen LogP contribution in [0.1, 0.15) is 42.6 Å². The molecule has 0 bridgehead atoms. The van der Waals surface area contributed by atoms with Gasteiger partial charge in [0.05, 0.1) is 13.2 Å². The molecule has 0 unspecified atom stereocenters. The third kappa shape index (κ3) is 3.93. The summed E-state index contributed by atoms with van der Waals surface area (Å²) in [7, 11) is 1.59. The molecule has 2 aliphatic heterocycles. The molecule has 34 heavy (non-hydrogen) atoms. The molecular formula is C25H30N4O5. The monoisotopic (exact) mass is 466 g/mol. The number of ether oxygens (including phenoxy) is 1. The molecule has 0 radical (unpaired) electrons. The predicted molar refractivity (Wildman–Crippen MR) is 124 cm³/mol. The molecule has 3 amide bonds. The van der Waals surface area contributed by atoms with Gasteiger partial charge in [0.15, 0.2) is 0 Å². The van der Waals surface area contributed by atoms with E-state index in [0.717, 1.165) is 30.2 Å². The highest BCUT2D eigenvalue weighted by Crippen LogP contribution is 2.43. The maximum absolute atomic E-state index is 13.6. The van der Waals surface area contributed by atoms with Gasteiger partial charge in [0.2, 0.25) is 11.8 Å². The van der Waals surface area contributed by atoms with Crippen molar-refractivity contribution in [2.75, 3.05) is 20.2 Å². The van der Waals surface area contributed by atoms with Crippen molar-refractivity contribution in [2.24, 2.45) is 17.8 Å². The lowest BCUT2D eigenvalue weighted by atomic mass is 9.92. The third-order valence-corrected chi connectivity index (χ3v) is 7.69. The number of benzene rings is 1. The Morgan fingerprint density at radius 2 is 2.15 bits per heavy atom. The zero-order valence-corrected chi connectivity index (χ0v) is 19.2. The van der Waals surface area contributed by atoms with Crippen LogP contribution < -0.4 is 15.4 Å². The molecule has 3 fully saturated rings. The minimum Gasteiger partial charge on any atom is -0.496 e. The maximum Gasteiger partial charge on any atom is 0.271 e. The van der Waals surface area contributed by atoms with Crippen LogP contribution in [0.25, 0.3) is 10.9 Å². The van der Waals surface area contributed by atoms with Gasteiger partial charge in [-0.25, -0.2) is 0 Å². The van der Waals surface area contributed by atoms with Crippen LogP contribution >= 0.6 is 0 Å². The zero-order chi connectivity index (χ0) is 23.8. The molecule has 3 aliphatic rings. The van der Waals surface area contributed by atoms with Crippen molar-refractivity contribution in [3.8, 4) is 5.75 Å². The van der Waals surface area contributed by atoms with E-state index in [1.54, 1.807) is 18.1 Å². The van der Waals surface area contributed by atoms with E-state index in [4.69, 9.17) is 4.74 Å². The van der Waals surface area contributed by atoms with Gasteiger partial charge in [-0.15, -0.1) is 0 Å². The fraction of sp³-hybridized carbons (Fsp3) is 0.520. The van der Waals surface area contributed by atoms with Crippen molar-refractivity contribution >= 4 is 34.9 Å². The number of aldehydes is 1. The highest BCUT2D eigenvalue weighted by atomic mass is 16.5. The lowest BCUT2D eigenvalue weighted by molar-refractivity contribution is -0.129. The van der Waals surface area contributed by atoms with Crippen LogP contribution in [0.3, 0.4) is 0 Å². The first-order valence-electron chi connectivity index (χ1n) is 12.0. The molecular weight excluding hydrogens is 436 g/mol. The quantitative estimate of drug-likeness (QED) is 0.536. The average Bonchev–Trinajstić information content (AvgIpc) is 3.61.